The monoisotopic (exact) mass is 245 g/mol. The molecule has 1 aliphatic carbocycles. The van der Waals surface area contributed by atoms with Crippen LogP contribution in [0.2, 0.25) is 5.15 Å². The second-order valence-corrected chi connectivity index (χ2v) is 4.83. The molecule has 1 aromatic heterocycles. The van der Waals surface area contributed by atoms with E-state index in [1.165, 1.54) is 24.0 Å². The molecule has 1 heterocycles. The van der Waals surface area contributed by atoms with Crippen molar-refractivity contribution in [1.82, 2.24) is 4.98 Å². The lowest BCUT2D eigenvalue weighted by Gasteiger charge is -2.05. The van der Waals surface area contributed by atoms with E-state index < -0.39 is 0 Å². The third kappa shape index (κ3) is 2.01. The van der Waals surface area contributed by atoms with Gasteiger partial charge < -0.3 is 4.98 Å². The van der Waals surface area contributed by atoms with Crippen LogP contribution in [0.4, 0.5) is 0 Å². The molecule has 17 heavy (non-hydrogen) atoms. The number of aromatic nitrogens is 1. The van der Waals surface area contributed by atoms with Crippen LogP contribution in [0.25, 0.3) is 11.1 Å². The minimum Gasteiger partial charge on any atom is -0.313 e. The summed E-state index contributed by atoms with van der Waals surface area (Å²) in [5.74, 6) is 0. The molecule has 1 aromatic carbocycles. The highest BCUT2D eigenvalue weighted by molar-refractivity contribution is 6.29. The van der Waals surface area contributed by atoms with E-state index in [1.54, 1.807) is 12.1 Å². The van der Waals surface area contributed by atoms with Crippen molar-refractivity contribution in [2.45, 2.75) is 19.3 Å². The molecule has 0 bridgehead atoms. The third-order valence-electron chi connectivity index (χ3n) is 3.24. The first-order chi connectivity index (χ1) is 8.22. The molecule has 0 spiro atoms. The van der Waals surface area contributed by atoms with Crippen molar-refractivity contribution in [3.05, 3.63) is 57.0 Å². The van der Waals surface area contributed by atoms with Gasteiger partial charge in [0, 0.05) is 6.07 Å². The Morgan fingerprint density at radius 1 is 1.00 bits per heavy atom. The molecule has 1 N–H and O–H groups in total. The van der Waals surface area contributed by atoms with Crippen LogP contribution >= 0.6 is 11.6 Å². The van der Waals surface area contributed by atoms with Gasteiger partial charge in [0.05, 0.1) is 0 Å². The fourth-order valence-corrected chi connectivity index (χ4v) is 2.64. The molecular formula is C14H12ClNO. The first-order valence-electron chi connectivity index (χ1n) is 5.74. The number of hydrogen-bond acceptors (Lipinski definition) is 1. The maximum absolute atomic E-state index is 11.4. The molecule has 0 radical (unpaired) electrons. The molecule has 3 heteroatoms. The van der Waals surface area contributed by atoms with Gasteiger partial charge in [-0.1, -0.05) is 29.8 Å². The zero-order valence-electron chi connectivity index (χ0n) is 9.29. The van der Waals surface area contributed by atoms with E-state index in [4.69, 9.17) is 11.6 Å². The van der Waals surface area contributed by atoms with Crippen molar-refractivity contribution in [2.75, 3.05) is 0 Å². The van der Waals surface area contributed by atoms with E-state index in [2.05, 4.69) is 23.2 Å². The van der Waals surface area contributed by atoms with Crippen LogP contribution in [0.15, 0.2) is 35.1 Å². The quantitative estimate of drug-likeness (QED) is 0.769. The molecule has 0 saturated carbocycles. The minimum atomic E-state index is -0.159. The molecule has 0 atom stereocenters. The molecule has 0 unspecified atom stereocenters. The van der Waals surface area contributed by atoms with Crippen LogP contribution in [0.5, 0.6) is 0 Å². The predicted molar refractivity (Wildman–Crippen MR) is 69.5 cm³/mol. The molecular weight excluding hydrogens is 234 g/mol. The van der Waals surface area contributed by atoms with Crippen molar-refractivity contribution < 1.29 is 0 Å². The Labute approximate surface area is 104 Å². The number of aryl methyl sites for hydroxylation is 2. The average Bonchev–Trinajstić information content (AvgIpc) is 2.74. The molecule has 3 rings (SSSR count). The maximum Gasteiger partial charge on any atom is 0.249 e. The van der Waals surface area contributed by atoms with Gasteiger partial charge in [-0.25, -0.2) is 0 Å². The van der Waals surface area contributed by atoms with Crippen molar-refractivity contribution in [1.29, 1.82) is 0 Å². The van der Waals surface area contributed by atoms with E-state index in [0.29, 0.717) is 5.15 Å². The van der Waals surface area contributed by atoms with Gasteiger partial charge in [0.2, 0.25) is 5.56 Å². The number of halogens is 1. The predicted octanol–water partition coefficient (Wildman–Crippen LogP) is 3.18. The van der Waals surface area contributed by atoms with E-state index in [9.17, 15) is 4.79 Å². The SMILES string of the molecule is O=c1cc(-c2ccc3c(c2)CCC3)cc(Cl)[nH]1. The molecule has 2 aromatic rings. The summed E-state index contributed by atoms with van der Waals surface area (Å²) < 4.78 is 0. The highest BCUT2D eigenvalue weighted by atomic mass is 35.5. The maximum atomic E-state index is 11.4. The number of rotatable bonds is 1. The zero-order valence-corrected chi connectivity index (χ0v) is 10.1. The number of H-pyrrole nitrogens is 1. The molecule has 2 nitrogen and oxygen atoms in total. The highest BCUT2D eigenvalue weighted by Gasteiger charge is 2.11. The lowest BCUT2D eigenvalue weighted by molar-refractivity contribution is 0.912. The molecule has 86 valence electrons. The van der Waals surface area contributed by atoms with Crippen LogP contribution in [-0.4, -0.2) is 4.98 Å². The summed E-state index contributed by atoms with van der Waals surface area (Å²) in [4.78, 5) is 13.9. The molecule has 0 amide bonds. The summed E-state index contributed by atoms with van der Waals surface area (Å²) in [6.45, 7) is 0. The standard InChI is InChI=1S/C14H12ClNO/c15-13-7-12(8-14(17)16-13)11-5-4-9-2-1-3-10(9)6-11/h4-8H,1-3H2,(H,16,17). The van der Waals surface area contributed by atoms with Crippen molar-refractivity contribution >= 4 is 11.6 Å². The Hall–Kier alpha value is -1.54. The third-order valence-corrected chi connectivity index (χ3v) is 3.45. The van der Waals surface area contributed by atoms with Crippen molar-refractivity contribution in [3.8, 4) is 11.1 Å². The smallest absolute Gasteiger partial charge is 0.249 e. The minimum absolute atomic E-state index is 0.159. The number of hydrogen-bond donors (Lipinski definition) is 1. The Bertz CT molecular complexity index is 630. The van der Waals surface area contributed by atoms with Gasteiger partial charge in [-0.15, -0.1) is 0 Å². The Balaban J connectivity index is 2.12. The summed E-state index contributed by atoms with van der Waals surface area (Å²) in [6, 6.07) is 9.78. The van der Waals surface area contributed by atoms with Crippen LogP contribution in [-0.2, 0) is 12.8 Å². The van der Waals surface area contributed by atoms with E-state index in [1.807, 2.05) is 0 Å². The van der Waals surface area contributed by atoms with Gasteiger partial charge in [-0.2, -0.15) is 0 Å². The normalized spacial score (nSPS) is 13.7. The van der Waals surface area contributed by atoms with Crippen LogP contribution in [0, 0.1) is 0 Å². The summed E-state index contributed by atoms with van der Waals surface area (Å²) in [6.07, 6.45) is 3.54. The number of aromatic amines is 1. The summed E-state index contributed by atoms with van der Waals surface area (Å²) in [5, 5.41) is 0.382. The lowest BCUT2D eigenvalue weighted by atomic mass is 10.0. The molecule has 0 fully saturated rings. The zero-order chi connectivity index (χ0) is 11.8. The highest BCUT2D eigenvalue weighted by Crippen LogP contribution is 2.28. The van der Waals surface area contributed by atoms with Crippen LogP contribution in [0.1, 0.15) is 17.5 Å². The summed E-state index contributed by atoms with van der Waals surface area (Å²) >= 11 is 5.86. The van der Waals surface area contributed by atoms with E-state index in [-0.39, 0.29) is 5.56 Å². The van der Waals surface area contributed by atoms with Gasteiger partial charge in [0.1, 0.15) is 5.15 Å². The van der Waals surface area contributed by atoms with Crippen molar-refractivity contribution in [3.63, 3.8) is 0 Å². The molecule has 0 aliphatic heterocycles. The number of pyridine rings is 1. The number of nitrogens with one attached hydrogen (secondary N) is 1. The first-order valence-corrected chi connectivity index (χ1v) is 6.12. The fraction of sp³-hybridized carbons (Fsp3) is 0.214. The van der Waals surface area contributed by atoms with Crippen molar-refractivity contribution in [2.24, 2.45) is 0 Å². The molecule has 0 saturated heterocycles. The summed E-state index contributed by atoms with van der Waals surface area (Å²) in [5.41, 5.74) is 4.63. The Kier molecular flexibility index (Phi) is 2.52. The number of benzene rings is 1. The van der Waals surface area contributed by atoms with Crippen LogP contribution in [0.3, 0.4) is 0 Å². The molecule has 1 aliphatic rings. The van der Waals surface area contributed by atoms with Crippen LogP contribution < -0.4 is 5.56 Å². The average molecular weight is 246 g/mol. The van der Waals surface area contributed by atoms with Gasteiger partial charge in [-0.05, 0) is 47.6 Å². The van der Waals surface area contributed by atoms with Gasteiger partial charge in [0.25, 0.3) is 0 Å². The van der Waals surface area contributed by atoms with Gasteiger partial charge in [-0.3, -0.25) is 4.79 Å². The second kappa shape index (κ2) is 4.04. The summed E-state index contributed by atoms with van der Waals surface area (Å²) in [7, 11) is 0. The largest absolute Gasteiger partial charge is 0.313 e. The topological polar surface area (TPSA) is 32.9 Å². The fourth-order valence-electron chi connectivity index (χ4n) is 2.43. The Morgan fingerprint density at radius 3 is 2.65 bits per heavy atom. The van der Waals surface area contributed by atoms with Gasteiger partial charge >= 0.3 is 0 Å². The lowest BCUT2D eigenvalue weighted by Crippen LogP contribution is -2.03. The van der Waals surface area contributed by atoms with E-state index in [0.717, 1.165) is 17.5 Å². The second-order valence-electron chi connectivity index (χ2n) is 4.42. The van der Waals surface area contributed by atoms with E-state index >= 15 is 0 Å². The Morgan fingerprint density at radius 2 is 1.82 bits per heavy atom. The number of fused-ring (bicyclic) bond motifs is 1. The van der Waals surface area contributed by atoms with Gasteiger partial charge in [0.15, 0.2) is 0 Å². The first kappa shape index (κ1) is 10.6.